The Morgan fingerprint density at radius 2 is 1.96 bits per heavy atom. The zero-order valence-electron chi connectivity index (χ0n) is 12.7. The van der Waals surface area contributed by atoms with E-state index in [1.165, 1.54) is 24.3 Å². The third kappa shape index (κ3) is 7.60. The van der Waals surface area contributed by atoms with Crippen LogP contribution in [-0.4, -0.2) is 30.1 Å². The Balaban J connectivity index is 2.23. The summed E-state index contributed by atoms with van der Waals surface area (Å²) in [6.45, 7) is 2.11. The number of ether oxygens (including phenoxy) is 2. The number of hydrogen-bond donors (Lipinski definition) is 1. The molecule has 0 aliphatic carbocycles. The molecule has 0 saturated carbocycles. The number of allylic oxidation sites excluding steroid dienone is 1. The van der Waals surface area contributed by atoms with E-state index in [0.29, 0.717) is 0 Å². The highest BCUT2D eigenvalue weighted by atomic mass is 16.7. The van der Waals surface area contributed by atoms with Crippen LogP contribution in [0.3, 0.4) is 0 Å². The summed E-state index contributed by atoms with van der Waals surface area (Å²) in [5, 5.41) is 13.1. The Morgan fingerprint density at radius 3 is 2.57 bits per heavy atom. The summed E-state index contributed by atoms with van der Waals surface area (Å²) in [6, 6.07) is 5.02. The quantitative estimate of drug-likeness (QED) is 0.197. The van der Waals surface area contributed by atoms with Crippen molar-refractivity contribution in [1.29, 1.82) is 0 Å². The molecule has 0 radical (unpaired) electrons. The summed E-state index contributed by atoms with van der Waals surface area (Å²) >= 11 is 0. The molecule has 0 atom stereocenters. The Kier molecular flexibility index (Phi) is 7.84. The molecule has 0 fully saturated rings. The Hall–Kier alpha value is -2.90. The first kappa shape index (κ1) is 18.1. The van der Waals surface area contributed by atoms with Gasteiger partial charge in [0.15, 0.2) is 0 Å². The molecule has 0 spiro atoms. The smallest absolute Gasteiger partial charge is 0.432 e. The zero-order valence-corrected chi connectivity index (χ0v) is 12.7. The van der Waals surface area contributed by atoms with Crippen molar-refractivity contribution >= 4 is 17.7 Å². The topological polar surface area (TPSA) is 108 Å². The number of carbonyl (C=O) groups excluding carboxylic acids is 2. The van der Waals surface area contributed by atoms with Gasteiger partial charge in [-0.15, -0.1) is 0 Å². The van der Waals surface area contributed by atoms with E-state index >= 15 is 0 Å². The van der Waals surface area contributed by atoms with Crippen molar-refractivity contribution in [3.05, 3.63) is 46.5 Å². The van der Waals surface area contributed by atoms with E-state index in [2.05, 4.69) is 5.32 Å². The van der Waals surface area contributed by atoms with Crippen LogP contribution in [0.25, 0.3) is 0 Å². The molecule has 1 N–H and O–H groups in total. The van der Waals surface area contributed by atoms with Crippen LogP contribution in [-0.2, 0) is 9.53 Å². The lowest BCUT2D eigenvalue weighted by molar-refractivity contribution is -0.384. The molecule has 1 aromatic rings. The van der Waals surface area contributed by atoms with Crippen molar-refractivity contribution in [2.75, 3.05) is 13.2 Å². The van der Waals surface area contributed by atoms with Crippen LogP contribution >= 0.6 is 0 Å². The fraction of sp³-hybridized carbons (Fsp3) is 0.333. The molecule has 0 bridgehead atoms. The van der Waals surface area contributed by atoms with E-state index in [1.54, 1.807) is 6.08 Å². The summed E-state index contributed by atoms with van der Waals surface area (Å²) in [7, 11) is 0. The average Bonchev–Trinajstić information content (AvgIpc) is 2.52. The number of carbonyl (C=O) groups is 2. The second-order valence-electron chi connectivity index (χ2n) is 4.39. The van der Waals surface area contributed by atoms with Gasteiger partial charge in [0.1, 0.15) is 12.4 Å². The second-order valence-corrected chi connectivity index (χ2v) is 4.39. The molecular formula is C15H18N2O6. The van der Waals surface area contributed by atoms with Crippen LogP contribution in [0.5, 0.6) is 5.75 Å². The van der Waals surface area contributed by atoms with Gasteiger partial charge in [-0.05, 0) is 18.6 Å². The molecule has 0 heterocycles. The molecule has 0 aliphatic heterocycles. The van der Waals surface area contributed by atoms with Gasteiger partial charge in [-0.3, -0.25) is 14.9 Å². The summed E-state index contributed by atoms with van der Waals surface area (Å²) in [4.78, 5) is 32.7. The van der Waals surface area contributed by atoms with E-state index in [4.69, 9.17) is 9.47 Å². The number of nitro benzene ring substituents is 1. The minimum Gasteiger partial charge on any atom is -0.432 e. The van der Waals surface area contributed by atoms with Gasteiger partial charge in [0.05, 0.1) is 11.5 Å². The van der Waals surface area contributed by atoms with Crippen LogP contribution in [0.15, 0.2) is 36.4 Å². The molecule has 0 unspecified atom stereocenters. The summed E-state index contributed by atoms with van der Waals surface area (Å²) < 4.78 is 9.60. The van der Waals surface area contributed by atoms with Crippen LogP contribution in [0.1, 0.15) is 19.8 Å². The largest absolute Gasteiger partial charge is 0.513 e. The first-order valence-corrected chi connectivity index (χ1v) is 7.03. The standard InChI is InChI=1S/C15H18N2O6/c1-2-3-4-5-14(18)16-10-11-22-15(19)23-13-8-6-12(7-9-13)17(20)21/h3-4,6-9H,2,5,10-11H2,1H3,(H,16,18)/b4-3-. The van der Waals surface area contributed by atoms with Crippen molar-refractivity contribution in [3.8, 4) is 5.75 Å². The van der Waals surface area contributed by atoms with Gasteiger partial charge in [-0.2, -0.15) is 0 Å². The fourth-order valence-corrected chi connectivity index (χ4v) is 1.52. The maximum Gasteiger partial charge on any atom is 0.513 e. The molecular weight excluding hydrogens is 304 g/mol. The minimum atomic E-state index is -0.945. The van der Waals surface area contributed by atoms with Gasteiger partial charge in [0, 0.05) is 18.6 Å². The SMILES string of the molecule is CC/C=C\CC(=O)NCCOC(=O)Oc1ccc([N+](=O)[O-])cc1. The summed E-state index contributed by atoms with van der Waals surface area (Å²) in [5.74, 6) is -0.0311. The Morgan fingerprint density at radius 1 is 1.26 bits per heavy atom. The first-order chi connectivity index (χ1) is 11.0. The fourth-order valence-electron chi connectivity index (χ4n) is 1.52. The number of rotatable bonds is 8. The molecule has 0 saturated heterocycles. The summed E-state index contributed by atoms with van der Waals surface area (Å²) in [5.41, 5.74) is -0.106. The van der Waals surface area contributed by atoms with Gasteiger partial charge < -0.3 is 14.8 Å². The Bertz CT molecular complexity index is 568. The first-order valence-electron chi connectivity index (χ1n) is 7.03. The van der Waals surface area contributed by atoms with Crippen LogP contribution < -0.4 is 10.1 Å². The number of hydrogen-bond acceptors (Lipinski definition) is 6. The predicted molar refractivity (Wildman–Crippen MR) is 82.1 cm³/mol. The van der Waals surface area contributed by atoms with Gasteiger partial charge in [0.2, 0.25) is 5.91 Å². The van der Waals surface area contributed by atoms with Crippen molar-refractivity contribution in [1.82, 2.24) is 5.32 Å². The molecule has 8 heteroatoms. The highest BCUT2D eigenvalue weighted by Crippen LogP contribution is 2.17. The molecule has 23 heavy (non-hydrogen) atoms. The minimum absolute atomic E-state index is 0.0327. The highest BCUT2D eigenvalue weighted by molar-refractivity contribution is 5.77. The van der Waals surface area contributed by atoms with Crippen LogP contribution in [0.4, 0.5) is 10.5 Å². The van der Waals surface area contributed by atoms with Crippen LogP contribution in [0.2, 0.25) is 0 Å². The number of nitro groups is 1. The van der Waals surface area contributed by atoms with Gasteiger partial charge in [-0.25, -0.2) is 4.79 Å². The lowest BCUT2D eigenvalue weighted by atomic mass is 10.3. The van der Waals surface area contributed by atoms with E-state index < -0.39 is 11.1 Å². The normalized spacial score (nSPS) is 10.3. The van der Waals surface area contributed by atoms with E-state index in [1.807, 2.05) is 13.0 Å². The van der Waals surface area contributed by atoms with Crippen molar-refractivity contribution in [3.63, 3.8) is 0 Å². The van der Waals surface area contributed by atoms with Gasteiger partial charge >= 0.3 is 6.16 Å². The van der Waals surface area contributed by atoms with Gasteiger partial charge in [-0.1, -0.05) is 19.1 Å². The lowest BCUT2D eigenvalue weighted by Crippen LogP contribution is -2.27. The monoisotopic (exact) mass is 322 g/mol. The van der Waals surface area contributed by atoms with Crippen molar-refractivity contribution in [2.45, 2.75) is 19.8 Å². The van der Waals surface area contributed by atoms with E-state index in [9.17, 15) is 19.7 Å². The number of nitrogens with zero attached hydrogens (tertiary/aromatic N) is 1. The molecule has 0 aromatic heterocycles. The Labute approximate surface area is 133 Å². The number of benzene rings is 1. The molecule has 0 aliphatic rings. The lowest BCUT2D eigenvalue weighted by Gasteiger charge is -2.06. The maximum atomic E-state index is 11.4. The highest BCUT2D eigenvalue weighted by Gasteiger charge is 2.09. The predicted octanol–water partition coefficient (Wildman–Crippen LogP) is 2.58. The van der Waals surface area contributed by atoms with E-state index in [0.717, 1.165) is 6.42 Å². The number of amides is 1. The third-order valence-electron chi connectivity index (χ3n) is 2.60. The molecule has 1 aromatic carbocycles. The van der Waals surface area contributed by atoms with Crippen LogP contribution in [0, 0.1) is 10.1 Å². The second kappa shape index (κ2) is 9.93. The van der Waals surface area contributed by atoms with Gasteiger partial charge in [0.25, 0.3) is 5.69 Å². The average molecular weight is 322 g/mol. The molecule has 8 nitrogen and oxygen atoms in total. The molecule has 1 rings (SSSR count). The van der Waals surface area contributed by atoms with Crippen molar-refractivity contribution < 1.29 is 24.0 Å². The van der Waals surface area contributed by atoms with E-state index in [-0.39, 0.29) is 36.9 Å². The van der Waals surface area contributed by atoms with Crippen molar-refractivity contribution in [2.24, 2.45) is 0 Å². The number of nitrogens with one attached hydrogen (secondary N) is 1. The summed E-state index contributed by atoms with van der Waals surface area (Å²) in [6.07, 6.45) is 3.85. The zero-order chi connectivity index (χ0) is 17.1. The molecule has 1 amide bonds. The third-order valence-corrected chi connectivity index (χ3v) is 2.60. The molecule has 124 valence electrons. The maximum absolute atomic E-state index is 11.4. The number of non-ortho nitro benzene ring substituents is 1.